The number of para-hydroxylation sites is 2. The maximum absolute atomic E-state index is 11.9. The summed E-state index contributed by atoms with van der Waals surface area (Å²) < 4.78 is 6.41. The summed E-state index contributed by atoms with van der Waals surface area (Å²) in [5.74, 6) is -0.735. The van der Waals surface area contributed by atoms with Gasteiger partial charge in [0.05, 0.1) is 5.52 Å². The van der Waals surface area contributed by atoms with E-state index in [4.69, 9.17) is 4.42 Å². The molecule has 0 unspecified atom stereocenters. The van der Waals surface area contributed by atoms with Crippen LogP contribution in [0.25, 0.3) is 11.1 Å². The summed E-state index contributed by atoms with van der Waals surface area (Å²) in [6.45, 7) is 0.423. The van der Waals surface area contributed by atoms with Gasteiger partial charge < -0.3 is 9.73 Å². The SMILES string of the molecule is O=C(Cn1c(=O)oc2ccccc21)NCc1ccsc1. The second-order valence-electron chi connectivity index (χ2n) is 4.33. The van der Waals surface area contributed by atoms with Gasteiger partial charge in [-0.15, -0.1) is 0 Å². The first kappa shape index (κ1) is 12.7. The number of carbonyl (C=O) groups is 1. The van der Waals surface area contributed by atoms with E-state index >= 15 is 0 Å². The normalized spacial score (nSPS) is 10.8. The average molecular weight is 288 g/mol. The van der Waals surface area contributed by atoms with E-state index in [9.17, 15) is 9.59 Å². The molecule has 20 heavy (non-hydrogen) atoms. The van der Waals surface area contributed by atoms with Crippen LogP contribution in [0.15, 0.2) is 50.3 Å². The van der Waals surface area contributed by atoms with E-state index in [0.29, 0.717) is 17.6 Å². The van der Waals surface area contributed by atoms with Crippen LogP contribution in [0.3, 0.4) is 0 Å². The summed E-state index contributed by atoms with van der Waals surface area (Å²) in [7, 11) is 0. The summed E-state index contributed by atoms with van der Waals surface area (Å²) in [6.07, 6.45) is 0. The Morgan fingerprint density at radius 2 is 2.15 bits per heavy atom. The second kappa shape index (κ2) is 5.34. The fourth-order valence-corrected chi connectivity index (χ4v) is 2.63. The van der Waals surface area contributed by atoms with Crippen LogP contribution in [-0.2, 0) is 17.9 Å². The lowest BCUT2D eigenvalue weighted by atomic mass is 10.3. The van der Waals surface area contributed by atoms with Crippen molar-refractivity contribution in [1.82, 2.24) is 9.88 Å². The quantitative estimate of drug-likeness (QED) is 0.798. The van der Waals surface area contributed by atoms with E-state index in [2.05, 4.69) is 5.32 Å². The van der Waals surface area contributed by atoms with Gasteiger partial charge in [0.25, 0.3) is 0 Å². The van der Waals surface area contributed by atoms with Crippen LogP contribution < -0.4 is 11.1 Å². The van der Waals surface area contributed by atoms with Crippen LogP contribution in [0.1, 0.15) is 5.56 Å². The molecule has 0 bridgehead atoms. The first-order valence-electron chi connectivity index (χ1n) is 6.10. The smallest absolute Gasteiger partial charge is 0.408 e. The predicted octanol–water partition coefficient (Wildman–Crippen LogP) is 1.97. The zero-order valence-corrected chi connectivity index (χ0v) is 11.4. The number of hydrogen-bond acceptors (Lipinski definition) is 4. The van der Waals surface area contributed by atoms with Gasteiger partial charge in [0.1, 0.15) is 6.54 Å². The van der Waals surface area contributed by atoms with Crippen LogP contribution >= 0.6 is 11.3 Å². The molecule has 102 valence electrons. The molecule has 3 rings (SSSR count). The zero-order valence-electron chi connectivity index (χ0n) is 10.5. The number of fused-ring (bicyclic) bond motifs is 1. The molecule has 2 heterocycles. The largest absolute Gasteiger partial charge is 0.420 e. The molecule has 0 saturated carbocycles. The molecule has 1 N–H and O–H groups in total. The lowest BCUT2D eigenvalue weighted by molar-refractivity contribution is -0.121. The molecule has 0 fully saturated rings. The van der Waals surface area contributed by atoms with E-state index in [1.165, 1.54) is 4.57 Å². The van der Waals surface area contributed by atoms with Crippen molar-refractivity contribution < 1.29 is 9.21 Å². The average Bonchev–Trinajstić information content (AvgIpc) is 3.06. The minimum atomic E-state index is -0.517. The third-order valence-corrected chi connectivity index (χ3v) is 3.68. The number of hydrogen-bond donors (Lipinski definition) is 1. The van der Waals surface area contributed by atoms with Crippen molar-refractivity contribution in [3.63, 3.8) is 0 Å². The summed E-state index contributed by atoms with van der Waals surface area (Å²) in [5, 5.41) is 6.71. The van der Waals surface area contributed by atoms with Gasteiger partial charge in [0.15, 0.2) is 5.58 Å². The first-order valence-corrected chi connectivity index (χ1v) is 7.04. The molecule has 3 aromatic rings. The summed E-state index contributed by atoms with van der Waals surface area (Å²) in [6, 6.07) is 9.00. The number of carbonyl (C=O) groups excluding carboxylic acids is 1. The van der Waals surface area contributed by atoms with Gasteiger partial charge in [-0.2, -0.15) is 11.3 Å². The minimum Gasteiger partial charge on any atom is -0.408 e. The molecule has 0 aliphatic rings. The van der Waals surface area contributed by atoms with E-state index in [1.807, 2.05) is 16.8 Å². The maximum Gasteiger partial charge on any atom is 0.420 e. The Morgan fingerprint density at radius 1 is 1.30 bits per heavy atom. The fraction of sp³-hybridized carbons (Fsp3) is 0.143. The predicted molar refractivity (Wildman–Crippen MR) is 76.6 cm³/mol. The summed E-state index contributed by atoms with van der Waals surface area (Å²) >= 11 is 1.58. The van der Waals surface area contributed by atoms with Gasteiger partial charge >= 0.3 is 5.76 Å². The number of rotatable bonds is 4. The molecule has 1 aromatic carbocycles. The van der Waals surface area contributed by atoms with Gasteiger partial charge in [-0.25, -0.2) is 4.79 Å². The minimum absolute atomic E-state index is 0.0417. The highest BCUT2D eigenvalue weighted by Crippen LogP contribution is 2.11. The number of nitrogens with one attached hydrogen (secondary N) is 1. The Kier molecular flexibility index (Phi) is 3.39. The Balaban J connectivity index is 1.74. The van der Waals surface area contributed by atoms with Crippen molar-refractivity contribution in [1.29, 1.82) is 0 Å². The molecule has 0 radical (unpaired) electrons. The molecule has 6 heteroatoms. The second-order valence-corrected chi connectivity index (χ2v) is 5.11. The molecule has 1 amide bonds. The van der Waals surface area contributed by atoms with Crippen molar-refractivity contribution in [2.45, 2.75) is 13.1 Å². The molecular weight excluding hydrogens is 276 g/mol. The Hall–Kier alpha value is -2.34. The van der Waals surface area contributed by atoms with Crippen LogP contribution in [0.4, 0.5) is 0 Å². The van der Waals surface area contributed by atoms with Crippen molar-refractivity contribution in [2.75, 3.05) is 0 Å². The topological polar surface area (TPSA) is 64.2 Å². The molecule has 2 aromatic heterocycles. The number of aromatic nitrogens is 1. The van der Waals surface area contributed by atoms with Crippen LogP contribution in [0, 0.1) is 0 Å². The summed E-state index contributed by atoms with van der Waals surface area (Å²) in [4.78, 5) is 23.6. The zero-order chi connectivity index (χ0) is 13.9. The molecule has 0 saturated heterocycles. The molecule has 5 nitrogen and oxygen atoms in total. The van der Waals surface area contributed by atoms with E-state index in [-0.39, 0.29) is 12.5 Å². The maximum atomic E-state index is 11.9. The van der Waals surface area contributed by atoms with Gasteiger partial charge in [-0.3, -0.25) is 9.36 Å². The Bertz CT molecular complexity index is 786. The van der Waals surface area contributed by atoms with E-state index < -0.39 is 5.76 Å². The number of nitrogens with zero attached hydrogens (tertiary/aromatic N) is 1. The highest BCUT2D eigenvalue weighted by atomic mass is 32.1. The number of benzene rings is 1. The van der Waals surface area contributed by atoms with Gasteiger partial charge in [-0.1, -0.05) is 12.1 Å². The van der Waals surface area contributed by atoms with E-state index in [0.717, 1.165) is 5.56 Å². The third-order valence-electron chi connectivity index (χ3n) is 2.95. The van der Waals surface area contributed by atoms with Crippen molar-refractivity contribution in [2.24, 2.45) is 0 Å². The molecule has 0 atom stereocenters. The number of oxazole rings is 1. The first-order chi connectivity index (χ1) is 9.74. The number of thiophene rings is 1. The highest BCUT2D eigenvalue weighted by Gasteiger charge is 2.11. The van der Waals surface area contributed by atoms with Gasteiger partial charge in [-0.05, 0) is 34.5 Å². The lowest BCUT2D eigenvalue weighted by Gasteiger charge is -2.04. The van der Waals surface area contributed by atoms with Gasteiger partial charge in [0, 0.05) is 6.54 Å². The van der Waals surface area contributed by atoms with Crippen LogP contribution in [0.2, 0.25) is 0 Å². The number of amides is 1. The van der Waals surface area contributed by atoms with Crippen molar-refractivity contribution >= 4 is 28.3 Å². The van der Waals surface area contributed by atoms with E-state index in [1.54, 1.807) is 35.6 Å². The van der Waals surface area contributed by atoms with Crippen LogP contribution in [-0.4, -0.2) is 10.5 Å². The molecule has 0 aliphatic heterocycles. The Morgan fingerprint density at radius 3 is 2.95 bits per heavy atom. The van der Waals surface area contributed by atoms with Gasteiger partial charge in [0.2, 0.25) is 5.91 Å². The molecular formula is C14H12N2O3S. The molecule has 0 spiro atoms. The van der Waals surface area contributed by atoms with Crippen molar-refractivity contribution in [3.05, 3.63) is 57.2 Å². The molecule has 0 aliphatic carbocycles. The van der Waals surface area contributed by atoms with Crippen LogP contribution in [0.5, 0.6) is 0 Å². The summed E-state index contributed by atoms with van der Waals surface area (Å²) in [5.41, 5.74) is 2.17. The highest BCUT2D eigenvalue weighted by molar-refractivity contribution is 7.07. The Labute approximate surface area is 118 Å². The van der Waals surface area contributed by atoms with Crippen molar-refractivity contribution in [3.8, 4) is 0 Å². The monoisotopic (exact) mass is 288 g/mol. The standard InChI is InChI=1S/C14H12N2O3S/c17-13(15-7-10-5-6-20-9-10)8-16-11-3-1-2-4-12(11)19-14(16)18/h1-6,9H,7-8H2,(H,15,17). The lowest BCUT2D eigenvalue weighted by Crippen LogP contribution is -2.30. The fourth-order valence-electron chi connectivity index (χ4n) is 1.96. The third kappa shape index (κ3) is 2.50.